The molecular weight excluding hydrogens is 236 g/mol. The largest absolute Gasteiger partial charge is 0.489 e. The van der Waals surface area contributed by atoms with Gasteiger partial charge in [0.25, 0.3) is 0 Å². The summed E-state index contributed by atoms with van der Waals surface area (Å²) in [5.74, 6) is -1.67. The van der Waals surface area contributed by atoms with E-state index in [-0.39, 0.29) is 29.6 Å². The first-order valence-corrected chi connectivity index (χ1v) is 5.67. The molecule has 1 aromatic carbocycles. The van der Waals surface area contributed by atoms with E-state index in [2.05, 4.69) is 0 Å². The molecule has 0 aromatic heterocycles. The molecule has 98 valence electrons. The standard InChI is InChI=1S/C13H16O5/c1-4-17-13(16)10-7-5-6-9(12(14)15)11(10)18-8(2)3/h5-8H,4H2,1-3H3,(H,14,15). The zero-order chi connectivity index (χ0) is 13.7. The Kier molecular flexibility index (Phi) is 4.71. The van der Waals surface area contributed by atoms with Crippen molar-refractivity contribution in [2.45, 2.75) is 26.9 Å². The Balaban J connectivity index is 3.27. The highest BCUT2D eigenvalue weighted by Gasteiger charge is 2.21. The molecule has 1 rings (SSSR count). The van der Waals surface area contributed by atoms with Crippen molar-refractivity contribution >= 4 is 11.9 Å². The van der Waals surface area contributed by atoms with Gasteiger partial charge in [-0.2, -0.15) is 0 Å². The molecule has 0 radical (unpaired) electrons. The van der Waals surface area contributed by atoms with Crippen molar-refractivity contribution in [1.29, 1.82) is 0 Å². The van der Waals surface area contributed by atoms with E-state index in [9.17, 15) is 9.59 Å². The summed E-state index contributed by atoms with van der Waals surface area (Å²) in [7, 11) is 0. The number of ether oxygens (including phenoxy) is 2. The van der Waals surface area contributed by atoms with Crippen LogP contribution in [0.2, 0.25) is 0 Å². The Labute approximate surface area is 105 Å². The van der Waals surface area contributed by atoms with Gasteiger partial charge in [-0.15, -0.1) is 0 Å². The molecule has 0 atom stereocenters. The second-order valence-electron chi connectivity index (χ2n) is 3.87. The lowest BCUT2D eigenvalue weighted by molar-refractivity contribution is 0.0520. The second kappa shape index (κ2) is 6.05. The van der Waals surface area contributed by atoms with E-state index in [1.165, 1.54) is 18.2 Å². The van der Waals surface area contributed by atoms with Crippen molar-refractivity contribution in [3.8, 4) is 5.75 Å². The van der Waals surface area contributed by atoms with E-state index in [0.717, 1.165) is 0 Å². The van der Waals surface area contributed by atoms with Crippen molar-refractivity contribution < 1.29 is 24.2 Å². The smallest absolute Gasteiger partial charge is 0.341 e. The monoisotopic (exact) mass is 252 g/mol. The molecule has 0 heterocycles. The van der Waals surface area contributed by atoms with E-state index in [0.29, 0.717) is 0 Å². The summed E-state index contributed by atoms with van der Waals surface area (Å²) >= 11 is 0. The molecular formula is C13H16O5. The number of aromatic carboxylic acids is 1. The third-order valence-corrected chi connectivity index (χ3v) is 2.09. The Bertz CT molecular complexity index is 451. The molecule has 5 heteroatoms. The van der Waals surface area contributed by atoms with Crippen molar-refractivity contribution in [3.63, 3.8) is 0 Å². The fraction of sp³-hybridized carbons (Fsp3) is 0.385. The average molecular weight is 252 g/mol. The molecule has 1 N–H and O–H groups in total. The number of esters is 1. The zero-order valence-electron chi connectivity index (χ0n) is 10.6. The molecule has 0 spiro atoms. The molecule has 0 unspecified atom stereocenters. The molecule has 0 aliphatic rings. The van der Waals surface area contributed by atoms with E-state index in [1.54, 1.807) is 20.8 Å². The molecule has 0 saturated carbocycles. The summed E-state index contributed by atoms with van der Waals surface area (Å²) in [6.45, 7) is 5.42. The highest BCUT2D eigenvalue weighted by molar-refractivity contribution is 5.99. The van der Waals surface area contributed by atoms with Gasteiger partial charge in [-0.25, -0.2) is 9.59 Å². The molecule has 0 amide bonds. The van der Waals surface area contributed by atoms with Crippen LogP contribution < -0.4 is 4.74 Å². The predicted octanol–water partition coefficient (Wildman–Crippen LogP) is 2.35. The van der Waals surface area contributed by atoms with Crippen LogP contribution in [0.15, 0.2) is 18.2 Å². The summed E-state index contributed by atoms with van der Waals surface area (Å²) in [5, 5.41) is 9.08. The van der Waals surface area contributed by atoms with Gasteiger partial charge in [0, 0.05) is 0 Å². The summed E-state index contributed by atoms with van der Waals surface area (Å²) in [4.78, 5) is 22.8. The van der Waals surface area contributed by atoms with E-state index in [1.807, 2.05) is 0 Å². The maximum absolute atomic E-state index is 11.7. The third-order valence-electron chi connectivity index (χ3n) is 2.09. The number of para-hydroxylation sites is 1. The predicted molar refractivity (Wildman–Crippen MR) is 65.1 cm³/mol. The average Bonchev–Trinajstić information content (AvgIpc) is 2.28. The number of rotatable bonds is 5. The zero-order valence-corrected chi connectivity index (χ0v) is 10.6. The number of carboxylic acid groups (broad SMARTS) is 1. The minimum absolute atomic E-state index is 0.0470. The van der Waals surface area contributed by atoms with Crippen LogP contribution in [0.4, 0.5) is 0 Å². The maximum atomic E-state index is 11.7. The van der Waals surface area contributed by atoms with Gasteiger partial charge in [-0.05, 0) is 32.9 Å². The van der Waals surface area contributed by atoms with E-state index < -0.39 is 11.9 Å². The first-order chi connectivity index (χ1) is 8.47. The lowest BCUT2D eigenvalue weighted by atomic mass is 10.1. The fourth-order valence-electron chi connectivity index (χ4n) is 1.44. The minimum Gasteiger partial charge on any atom is -0.489 e. The summed E-state index contributed by atoms with van der Waals surface area (Å²) in [6, 6.07) is 4.37. The SMILES string of the molecule is CCOC(=O)c1cccc(C(=O)O)c1OC(C)C. The quantitative estimate of drug-likeness (QED) is 0.814. The normalized spacial score (nSPS) is 10.2. The van der Waals surface area contributed by atoms with Crippen molar-refractivity contribution in [3.05, 3.63) is 29.3 Å². The maximum Gasteiger partial charge on any atom is 0.341 e. The Morgan fingerprint density at radius 1 is 1.28 bits per heavy atom. The highest BCUT2D eigenvalue weighted by Crippen LogP contribution is 2.26. The Hall–Kier alpha value is -2.04. The summed E-state index contributed by atoms with van der Waals surface area (Å²) in [5.41, 5.74) is 0.0831. The molecule has 0 bridgehead atoms. The van der Waals surface area contributed by atoms with Crippen LogP contribution in [0, 0.1) is 0 Å². The number of hydrogen-bond acceptors (Lipinski definition) is 4. The number of carbonyl (C=O) groups excluding carboxylic acids is 1. The van der Waals surface area contributed by atoms with Crippen molar-refractivity contribution in [1.82, 2.24) is 0 Å². The molecule has 0 aliphatic carbocycles. The van der Waals surface area contributed by atoms with Gasteiger partial charge in [0.2, 0.25) is 0 Å². The lowest BCUT2D eigenvalue weighted by Crippen LogP contribution is -2.15. The molecule has 0 saturated heterocycles. The van der Waals surface area contributed by atoms with Crippen LogP contribution in [-0.4, -0.2) is 29.8 Å². The molecule has 5 nitrogen and oxygen atoms in total. The van der Waals surface area contributed by atoms with Crippen molar-refractivity contribution in [2.24, 2.45) is 0 Å². The Morgan fingerprint density at radius 3 is 2.39 bits per heavy atom. The van der Waals surface area contributed by atoms with Crippen LogP contribution in [0.1, 0.15) is 41.5 Å². The summed E-state index contributed by atoms with van der Waals surface area (Å²) < 4.78 is 10.3. The van der Waals surface area contributed by atoms with Gasteiger partial charge >= 0.3 is 11.9 Å². The van der Waals surface area contributed by atoms with Crippen molar-refractivity contribution in [2.75, 3.05) is 6.61 Å². The van der Waals surface area contributed by atoms with Gasteiger partial charge in [-0.1, -0.05) is 6.07 Å². The van der Waals surface area contributed by atoms with Gasteiger partial charge in [0.1, 0.15) is 16.9 Å². The molecule has 1 aromatic rings. The first-order valence-electron chi connectivity index (χ1n) is 5.67. The summed E-state index contributed by atoms with van der Waals surface area (Å²) in [6.07, 6.45) is -0.237. The molecule has 0 fully saturated rings. The van der Waals surface area contributed by atoms with Crippen LogP contribution in [0.5, 0.6) is 5.75 Å². The third kappa shape index (κ3) is 3.23. The second-order valence-corrected chi connectivity index (χ2v) is 3.87. The van der Waals surface area contributed by atoms with E-state index >= 15 is 0 Å². The van der Waals surface area contributed by atoms with Crippen LogP contribution in [0.25, 0.3) is 0 Å². The lowest BCUT2D eigenvalue weighted by Gasteiger charge is -2.15. The number of hydrogen-bond donors (Lipinski definition) is 1. The highest BCUT2D eigenvalue weighted by atomic mass is 16.5. The van der Waals surface area contributed by atoms with Gasteiger partial charge < -0.3 is 14.6 Å². The molecule has 0 aliphatic heterocycles. The molecule has 18 heavy (non-hydrogen) atoms. The van der Waals surface area contributed by atoms with Crippen LogP contribution >= 0.6 is 0 Å². The number of carboxylic acids is 1. The van der Waals surface area contributed by atoms with Gasteiger partial charge in [0.15, 0.2) is 0 Å². The van der Waals surface area contributed by atoms with Crippen LogP contribution in [0.3, 0.4) is 0 Å². The number of carbonyl (C=O) groups is 2. The number of benzene rings is 1. The first kappa shape index (κ1) is 14.0. The minimum atomic E-state index is -1.14. The fourth-order valence-corrected chi connectivity index (χ4v) is 1.44. The van der Waals surface area contributed by atoms with E-state index in [4.69, 9.17) is 14.6 Å². The Morgan fingerprint density at radius 2 is 1.89 bits per heavy atom. The van der Waals surface area contributed by atoms with Gasteiger partial charge in [0.05, 0.1) is 12.7 Å². The topological polar surface area (TPSA) is 72.8 Å². The van der Waals surface area contributed by atoms with Crippen LogP contribution in [-0.2, 0) is 4.74 Å². The van der Waals surface area contributed by atoms with Gasteiger partial charge in [-0.3, -0.25) is 0 Å².